The van der Waals surface area contributed by atoms with E-state index in [1.807, 2.05) is 19.0 Å². The van der Waals surface area contributed by atoms with Crippen molar-refractivity contribution in [3.63, 3.8) is 0 Å². The van der Waals surface area contributed by atoms with Crippen LogP contribution in [0.2, 0.25) is 5.02 Å². The van der Waals surface area contributed by atoms with Gasteiger partial charge in [0.05, 0.1) is 10.4 Å². The van der Waals surface area contributed by atoms with Gasteiger partial charge in [-0.25, -0.2) is 0 Å². The van der Waals surface area contributed by atoms with Gasteiger partial charge in [0, 0.05) is 37.3 Å². The van der Waals surface area contributed by atoms with Crippen LogP contribution in [0.15, 0.2) is 42.7 Å². The number of benzene rings is 1. The Kier molecular flexibility index (Phi) is 7.35. The van der Waals surface area contributed by atoms with Crippen molar-refractivity contribution in [1.29, 1.82) is 0 Å². The van der Waals surface area contributed by atoms with Crippen molar-refractivity contribution in [1.82, 2.24) is 15.2 Å². The first kappa shape index (κ1) is 24.3. The number of nitrogens with one attached hydrogen (secondary N) is 1. The minimum absolute atomic E-state index is 0.00838. The molecule has 0 saturated heterocycles. The fourth-order valence-corrected chi connectivity index (χ4v) is 4.27. The maximum Gasteiger partial charge on any atom is 0.395 e. The first-order chi connectivity index (χ1) is 15.0. The Hall–Kier alpha value is -2.32. The fourth-order valence-electron chi connectivity index (χ4n) is 4.07. The number of pyridine rings is 1. The van der Waals surface area contributed by atoms with Crippen molar-refractivity contribution < 1.29 is 23.1 Å². The van der Waals surface area contributed by atoms with Crippen LogP contribution in [0, 0.1) is 5.41 Å². The number of phenols is 1. The van der Waals surface area contributed by atoms with Crippen molar-refractivity contribution >= 4 is 17.5 Å². The zero-order valence-corrected chi connectivity index (χ0v) is 18.7. The normalized spacial score (nSPS) is 17.1. The summed E-state index contributed by atoms with van der Waals surface area (Å²) in [6.07, 6.45) is -1.10. The standard InChI is InChI=1S/C23H27ClF3N3O2/c1-30(2)17(11-15-3-4-20(31)19(24)12-15)14-29-21(32)13-18(16-5-9-28-10-6-16)22(7-8-22)23(25,26)27/h3-6,9-10,12,17-18,31H,7-8,11,13-14H2,1-2H3,(H,29,32)/t17-,18+/m0/s1. The molecule has 1 heterocycles. The highest BCUT2D eigenvalue weighted by molar-refractivity contribution is 6.32. The number of phenolic OH excluding ortho intramolecular Hbond substituents is 1. The summed E-state index contributed by atoms with van der Waals surface area (Å²) >= 11 is 5.98. The second kappa shape index (κ2) is 9.67. The number of aromatic nitrogens is 1. The minimum Gasteiger partial charge on any atom is -0.506 e. The highest BCUT2D eigenvalue weighted by Gasteiger charge is 2.67. The van der Waals surface area contributed by atoms with Gasteiger partial charge in [0.1, 0.15) is 5.75 Å². The van der Waals surface area contributed by atoms with Crippen LogP contribution < -0.4 is 5.32 Å². The summed E-state index contributed by atoms with van der Waals surface area (Å²) in [7, 11) is 3.73. The molecule has 9 heteroatoms. The molecule has 2 aromatic rings. The molecule has 5 nitrogen and oxygen atoms in total. The highest BCUT2D eigenvalue weighted by Crippen LogP contribution is 2.66. The molecule has 1 aromatic carbocycles. The SMILES string of the molecule is CN(C)[C@H](CNC(=O)C[C@H](c1ccncc1)C1(C(F)(F)F)CC1)Cc1ccc(O)c(Cl)c1. The van der Waals surface area contributed by atoms with E-state index in [4.69, 9.17) is 11.6 Å². The molecule has 0 aliphatic heterocycles. The molecule has 1 aliphatic carbocycles. The summed E-state index contributed by atoms with van der Waals surface area (Å²) in [5.74, 6) is -1.37. The largest absolute Gasteiger partial charge is 0.506 e. The third kappa shape index (κ3) is 5.53. The number of carbonyl (C=O) groups excluding carboxylic acids is 1. The van der Waals surface area contributed by atoms with Gasteiger partial charge in [-0.05, 0) is 68.8 Å². The van der Waals surface area contributed by atoms with E-state index in [-0.39, 0.29) is 42.6 Å². The maximum atomic E-state index is 13.8. The molecule has 1 aromatic heterocycles. The first-order valence-corrected chi connectivity index (χ1v) is 10.8. The summed E-state index contributed by atoms with van der Waals surface area (Å²) in [5, 5.41) is 12.6. The van der Waals surface area contributed by atoms with Gasteiger partial charge < -0.3 is 15.3 Å². The van der Waals surface area contributed by atoms with Crippen LogP contribution in [0.3, 0.4) is 0 Å². The molecule has 0 bridgehead atoms. The molecule has 1 aliphatic rings. The van der Waals surface area contributed by atoms with Crippen LogP contribution in [0.25, 0.3) is 0 Å². The van der Waals surface area contributed by atoms with Crippen molar-refractivity contribution in [2.45, 2.75) is 43.8 Å². The number of amides is 1. The van der Waals surface area contributed by atoms with E-state index in [0.717, 1.165) is 5.56 Å². The molecule has 1 saturated carbocycles. The molecular weight excluding hydrogens is 443 g/mol. The lowest BCUT2D eigenvalue weighted by molar-refractivity contribution is -0.194. The Morgan fingerprint density at radius 1 is 1.25 bits per heavy atom. The monoisotopic (exact) mass is 469 g/mol. The van der Waals surface area contributed by atoms with Gasteiger partial charge >= 0.3 is 6.18 Å². The number of rotatable bonds is 9. The molecular formula is C23H27ClF3N3O2. The van der Waals surface area contributed by atoms with E-state index in [2.05, 4.69) is 10.3 Å². The van der Waals surface area contributed by atoms with Gasteiger partial charge in [0.2, 0.25) is 5.91 Å². The first-order valence-electron chi connectivity index (χ1n) is 10.4. The van der Waals surface area contributed by atoms with E-state index < -0.39 is 23.4 Å². The summed E-state index contributed by atoms with van der Waals surface area (Å²) < 4.78 is 41.5. The smallest absolute Gasteiger partial charge is 0.395 e. The van der Waals surface area contributed by atoms with Crippen LogP contribution >= 0.6 is 11.6 Å². The Morgan fingerprint density at radius 2 is 1.91 bits per heavy atom. The quantitative estimate of drug-likeness (QED) is 0.565. The van der Waals surface area contributed by atoms with Gasteiger partial charge in [0.25, 0.3) is 0 Å². The Balaban J connectivity index is 1.68. The average molecular weight is 470 g/mol. The summed E-state index contributed by atoms with van der Waals surface area (Å²) in [4.78, 5) is 18.6. The van der Waals surface area contributed by atoms with Gasteiger partial charge in [-0.15, -0.1) is 0 Å². The highest BCUT2D eigenvalue weighted by atomic mass is 35.5. The molecule has 1 fully saturated rings. The van der Waals surface area contributed by atoms with Crippen LogP contribution in [0.4, 0.5) is 13.2 Å². The number of hydrogen-bond donors (Lipinski definition) is 2. The lowest BCUT2D eigenvalue weighted by Crippen LogP contribution is -2.42. The van der Waals surface area contributed by atoms with Gasteiger partial charge in [-0.3, -0.25) is 9.78 Å². The summed E-state index contributed by atoms with van der Waals surface area (Å²) in [6.45, 7) is 0.270. The van der Waals surface area contributed by atoms with Crippen molar-refractivity contribution in [3.8, 4) is 5.75 Å². The molecule has 2 N–H and O–H groups in total. The number of aromatic hydroxyl groups is 1. The number of likely N-dealkylation sites (N-methyl/N-ethyl adjacent to an activating group) is 1. The second-order valence-electron chi connectivity index (χ2n) is 8.60. The molecule has 1 amide bonds. The zero-order chi connectivity index (χ0) is 23.5. The van der Waals surface area contributed by atoms with E-state index in [0.29, 0.717) is 12.0 Å². The van der Waals surface area contributed by atoms with Gasteiger partial charge in [0.15, 0.2) is 0 Å². The Labute approximate surface area is 190 Å². The van der Waals surface area contributed by atoms with Gasteiger partial charge in [-0.2, -0.15) is 13.2 Å². The predicted octanol–water partition coefficient (Wildman–Crippen LogP) is 4.55. The summed E-state index contributed by atoms with van der Waals surface area (Å²) in [6, 6.07) is 7.93. The van der Waals surface area contributed by atoms with Crippen LogP contribution in [-0.2, 0) is 11.2 Å². The van der Waals surface area contributed by atoms with Gasteiger partial charge in [-0.1, -0.05) is 17.7 Å². The summed E-state index contributed by atoms with van der Waals surface area (Å²) in [5.41, 5.74) is -0.493. The maximum absolute atomic E-state index is 13.8. The Morgan fingerprint density at radius 3 is 2.44 bits per heavy atom. The number of nitrogens with zero attached hydrogens (tertiary/aromatic N) is 2. The lowest BCUT2D eigenvalue weighted by atomic mass is 9.80. The average Bonchev–Trinajstić information content (AvgIpc) is 3.54. The van der Waals surface area contributed by atoms with Crippen LogP contribution in [-0.4, -0.2) is 53.8 Å². The van der Waals surface area contributed by atoms with E-state index in [9.17, 15) is 23.1 Å². The number of halogens is 4. The molecule has 0 unspecified atom stereocenters. The molecule has 174 valence electrons. The molecule has 0 radical (unpaired) electrons. The molecule has 3 rings (SSSR count). The van der Waals surface area contributed by atoms with E-state index >= 15 is 0 Å². The fraction of sp³-hybridized carbons (Fsp3) is 0.478. The van der Waals surface area contributed by atoms with Crippen molar-refractivity contribution in [2.24, 2.45) is 5.41 Å². The van der Waals surface area contributed by atoms with Crippen LogP contribution in [0.1, 0.15) is 36.3 Å². The number of alkyl halides is 3. The minimum atomic E-state index is -4.37. The molecule has 32 heavy (non-hydrogen) atoms. The molecule has 2 atom stereocenters. The number of hydrogen-bond acceptors (Lipinski definition) is 4. The topological polar surface area (TPSA) is 65.5 Å². The lowest BCUT2D eigenvalue weighted by Gasteiger charge is -2.30. The van der Waals surface area contributed by atoms with Crippen molar-refractivity contribution in [3.05, 3.63) is 58.9 Å². The zero-order valence-electron chi connectivity index (χ0n) is 18.0. The third-order valence-corrected chi connectivity index (χ3v) is 6.57. The Bertz CT molecular complexity index is 934. The van der Waals surface area contributed by atoms with Crippen LogP contribution in [0.5, 0.6) is 5.75 Å². The van der Waals surface area contributed by atoms with E-state index in [1.165, 1.54) is 18.5 Å². The second-order valence-corrected chi connectivity index (χ2v) is 9.01. The molecule has 0 spiro atoms. The van der Waals surface area contributed by atoms with Crippen molar-refractivity contribution in [2.75, 3.05) is 20.6 Å². The number of carbonyl (C=O) groups is 1. The predicted molar refractivity (Wildman–Crippen MR) is 117 cm³/mol. The van der Waals surface area contributed by atoms with E-state index in [1.54, 1.807) is 24.3 Å². The third-order valence-electron chi connectivity index (χ3n) is 6.27.